The number of rotatable bonds is 9. The molecule has 1 heterocycles. The van der Waals surface area contributed by atoms with E-state index < -0.39 is 10.7 Å². The summed E-state index contributed by atoms with van der Waals surface area (Å²) in [6, 6.07) is 18.0. The predicted octanol–water partition coefficient (Wildman–Crippen LogP) is 6.53. The van der Waals surface area contributed by atoms with Crippen LogP contribution in [0.15, 0.2) is 63.9 Å². The fourth-order valence-corrected chi connectivity index (χ4v) is 3.97. The van der Waals surface area contributed by atoms with Crippen LogP contribution in [0.25, 0.3) is 11.3 Å². The lowest BCUT2D eigenvalue weighted by Gasteiger charge is -2.18. The third kappa shape index (κ3) is 5.70. The van der Waals surface area contributed by atoms with Crippen LogP contribution in [-0.4, -0.2) is 22.4 Å². The molecular weight excluding hydrogens is 396 g/mol. The van der Waals surface area contributed by atoms with Gasteiger partial charge in [-0.25, -0.2) is 0 Å². The molecule has 0 spiro atoms. The minimum absolute atomic E-state index is 0.609. The van der Waals surface area contributed by atoms with Crippen LogP contribution in [0.4, 0.5) is 0 Å². The van der Waals surface area contributed by atoms with Crippen LogP contribution in [0.2, 0.25) is 0 Å². The number of ether oxygens (including phenoxy) is 1. The summed E-state index contributed by atoms with van der Waals surface area (Å²) in [7, 11) is 0. The largest absolute Gasteiger partial charge is 0.494 e. The van der Waals surface area contributed by atoms with E-state index in [1.165, 1.54) is 22.9 Å². The van der Waals surface area contributed by atoms with E-state index in [0.717, 1.165) is 40.6 Å². The Labute approximate surface area is 182 Å². The van der Waals surface area contributed by atoms with E-state index in [2.05, 4.69) is 37.3 Å². The topological polar surface area (TPSA) is 59.7 Å². The number of aliphatic carboxylic acids is 1. The average Bonchev–Trinajstić information content (AvgIpc) is 3.07. The van der Waals surface area contributed by atoms with Crippen LogP contribution in [0.1, 0.15) is 37.2 Å². The van der Waals surface area contributed by atoms with Gasteiger partial charge in [-0.2, -0.15) is 0 Å². The van der Waals surface area contributed by atoms with Crippen LogP contribution < -0.4 is 4.74 Å². The number of benzene rings is 2. The first-order valence-electron chi connectivity index (χ1n) is 10.1. The molecule has 0 unspecified atom stereocenters. The summed E-state index contributed by atoms with van der Waals surface area (Å²) in [5.41, 5.74) is 3.53. The van der Waals surface area contributed by atoms with E-state index in [4.69, 9.17) is 9.15 Å². The van der Waals surface area contributed by atoms with Gasteiger partial charge < -0.3 is 14.3 Å². The van der Waals surface area contributed by atoms with Crippen molar-refractivity contribution in [3.05, 3.63) is 71.5 Å². The number of thioether (sulfide) groups is 1. The zero-order chi connectivity index (χ0) is 21.7. The monoisotopic (exact) mass is 424 g/mol. The lowest BCUT2D eigenvalue weighted by molar-refractivity contribution is -0.138. The van der Waals surface area contributed by atoms with Crippen molar-refractivity contribution in [3.8, 4) is 17.1 Å². The van der Waals surface area contributed by atoms with Gasteiger partial charge in [-0.1, -0.05) is 29.8 Å². The molecule has 0 fully saturated rings. The number of carboxylic acids is 1. The molecule has 1 aromatic heterocycles. The van der Waals surface area contributed by atoms with Crippen molar-refractivity contribution in [2.45, 2.75) is 50.2 Å². The first-order chi connectivity index (χ1) is 14.2. The van der Waals surface area contributed by atoms with Gasteiger partial charge in [0, 0.05) is 10.5 Å². The standard InChI is InChI=1S/C25H28O4S/c1-17-7-9-19(10-8-17)23-16-20(18(2)29-23)6-5-15-28-21-11-13-22(14-12-21)30-25(3,4)24(26)27/h7-14,16H,5-6,15H2,1-4H3,(H,26,27). The van der Waals surface area contributed by atoms with Crippen LogP contribution >= 0.6 is 11.8 Å². The van der Waals surface area contributed by atoms with E-state index >= 15 is 0 Å². The fraction of sp³-hybridized carbons (Fsp3) is 0.320. The van der Waals surface area contributed by atoms with Gasteiger partial charge in [0.1, 0.15) is 22.0 Å². The molecule has 30 heavy (non-hydrogen) atoms. The maximum absolute atomic E-state index is 11.3. The van der Waals surface area contributed by atoms with Gasteiger partial charge in [-0.15, -0.1) is 11.8 Å². The van der Waals surface area contributed by atoms with E-state index in [1.807, 2.05) is 31.2 Å². The van der Waals surface area contributed by atoms with Gasteiger partial charge in [-0.05, 0) is 76.4 Å². The molecule has 0 aliphatic carbocycles. The van der Waals surface area contributed by atoms with Crippen LogP contribution in [0, 0.1) is 13.8 Å². The Balaban J connectivity index is 1.49. The van der Waals surface area contributed by atoms with Gasteiger partial charge in [-0.3, -0.25) is 4.79 Å². The summed E-state index contributed by atoms with van der Waals surface area (Å²) in [6.45, 7) is 8.09. The Morgan fingerprint density at radius 1 is 1.07 bits per heavy atom. The fourth-order valence-electron chi connectivity index (χ4n) is 3.02. The van der Waals surface area contributed by atoms with Crippen molar-refractivity contribution < 1.29 is 19.1 Å². The molecule has 0 saturated heterocycles. The first kappa shape index (κ1) is 22.0. The molecule has 3 aromatic rings. The summed E-state index contributed by atoms with van der Waals surface area (Å²) < 4.78 is 10.9. The molecule has 0 atom stereocenters. The highest BCUT2D eigenvalue weighted by atomic mass is 32.2. The van der Waals surface area contributed by atoms with Gasteiger partial charge in [0.2, 0.25) is 0 Å². The zero-order valence-electron chi connectivity index (χ0n) is 17.9. The Morgan fingerprint density at radius 3 is 2.37 bits per heavy atom. The number of carboxylic acid groups (broad SMARTS) is 1. The Kier molecular flexibility index (Phi) is 6.93. The number of furan rings is 1. The molecular formula is C25H28O4S. The molecule has 0 bridgehead atoms. The lowest BCUT2D eigenvalue weighted by atomic mass is 10.1. The second-order valence-corrected chi connectivity index (χ2v) is 9.60. The second-order valence-electron chi connectivity index (χ2n) is 7.90. The van der Waals surface area contributed by atoms with Crippen molar-refractivity contribution >= 4 is 17.7 Å². The quantitative estimate of drug-likeness (QED) is 0.312. The molecule has 5 heteroatoms. The van der Waals surface area contributed by atoms with Crippen molar-refractivity contribution in [1.29, 1.82) is 0 Å². The maximum Gasteiger partial charge on any atom is 0.319 e. The molecule has 4 nitrogen and oxygen atoms in total. The lowest BCUT2D eigenvalue weighted by Crippen LogP contribution is -2.26. The number of hydrogen-bond donors (Lipinski definition) is 1. The third-order valence-electron chi connectivity index (χ3n) is 4.93. The molecule has 0 radical (unpaired) electrons. The van der Waals surface area contributed by atoms with Gasteiger partial charge in [0.25, 0.3) is 0 Å². The van der Waals surface area contributed by atoms with Gasteiger partial charge in [0.15, 0.2) is 0 Å². The highest BCUT2D eigenvalue weighted by Gasteiger charge is 2.28. The van der Waals surface area contributed by atoms with Crippen LogP contribution in [0.5, 0.6) is 5.75 Å². The molecule has 2 aromatic carbocycles. The molecule has 0 saturated carbocycles. The highest BCUT2D eigenvalue weighted by Crippen LogP contribution is 2.33. The molecule has 0 amide bonds. The maximum atomic E-state index is 11.3. The third-order valence-corrected chi connectivity index (χ3v) is 6.12. The summed E-state index contributed by atoms with van der Waals surface area (Å²) >= 11 is 1.33. The van der Waals surface area contributed by atoms with E-state index in [1.54, 1.807) is 13.8 Å². The minimum Gasteiger partial charge on any atom is -0.494 e. The predicted molar refractivity (Wildman–Crippen MR) is 121 cm³/mol. The number of hydrogen-bond acceptors (Lipinski definition) is 4. The SMILES string of the molecule is Cc1ccc(-c2cc(CCCOc3ccc(SC(C)(C)C(=O)O)cc3)c(C)o2)cc1. The van der Waals surface area contributed by atoms with Crippen LogP contribution in [0.3, 0.4) is 0 Å². The minimum atomic E-state index is -0.859. The Morgan fingerprint density at radius 2 is 1.73 bits per heavy atom. The van der Waals surface area contributed by atoms with E-state index in [-0.39, 0.29) is 0 Å². The van der Waals surface area contributed by atoms with Gasteiger partial charge >= 0.3 is 5.97 Å². The Hall–Kier alpha value is -2.66. The average molecular weight is 425 g/mol. The van der Waals surface area contributed by atoms with Crippen LogP contribution in [-0.2, 0) is 11.2 Å². The highest BCUT2D eigenvalue weighted by molar-refractivity contribution is 8.01. The summed E-state index contributed by atoms with van der Waals surface area (Å²) in [4.78, 5) is 12.2. The summed E-state index contributed by atoms with van der Waals surface area (Å²) in [5.74, 6) is 1.82. The zero-order valence-corrected chi connectivity index (χ0v) is 18.7. The summed E-state index contributed by atoms with van der Waals surface area (Å²) in [5, 5.41) is 9.24. The van der Waals surface area contributed by atoms with Crippen molar-refractivity contribution in [2.75, 3.05) is 6.61 Å². The van der Waals surface area contributed by atoms with E-state index in [9.17, 15) is 9.90 Å². The number of aryl methyl sites for hydroxylation is 3. The van der Waals surface area contributed by atoms with E-state index in [0.29, 0.717) is 6.61 Å². The molecule has 158 valence electrons. The van der Waals surface area contributed by atoms with Gasteiger partial charge in [0.05, 0.1) is 6.61 Å². The molecule has 1 N–H and O–H groups in total. The van der Waals surface area contributed by atoms with Crippen molar-refractivity contribution in [1.82, 2.24) is 0 Å². The first-order valence-corrected chi connectivity index (χ1v) is 10.9. The number of carbonyl (C=O) groups is 1. The molecule has 3 rings (SSSR count). The smallest absolute Gasteiger partial charge is 0.319 e. The molecule has 0 aliphatic heterocycles. The summed E-state index contributed by atoms with van der Waals surface area (Å²) in [6.07, 6.45) is 1.78. The molecule has 0 aliphatic rings. The second kappa shape index (κ2) is 9.43. The Bertz CT molecular complexity index is 985. The van der Waals surface area contributed by atoms with Crippen molar-refractivity contribution in [2.24, 2.45) is 0 Å². The normalized spacial score (nSPS) is 11.5. The van der Waals surface area contributed by atoms with Crippen molar-refractivity contribution in [3.63, 3.8) is 0 Å².